The SMILES string of the molecule is CO[C@@H]1C=C(COC(=O)c2ccccc2)[C@H](O)[C@H](OC(=O)c2ccccc2)[C@H]1O. The van der Waals surface area contributed by atoms with Gasteiger partial charge in [0.15, 0.2) is 6.10 Å². The summed E-state index contributed by atoms with van der Waals surface area (Å²) in [6.45, 7) is -0.235. The number of hydrogen-bond acceptors (Lipinski definition) is 7. The van der Waals surface area contributed by atoms with Gasteiger partial charge in [0.1, 0.15) is 24.9 Å². The second kappa shape index (κ2) is 9.47. The molecule has 7 heteroatoms. The molecule has 0 unspecified atom stereocenters. The van der Waals surface area contributed by atoms with Gasteiger partial charge in [-0.2, -0.15) is 0 Å². The molecule has 0 aromatic heterocycles. The van der Waals surface area contributed by atoms with E-state index in [2.05, 4.69) is 0 Å². The molecule has 0 radical (unpaired) electrons. The zero-order valence-electron chi connectivity index (χ0n) is 15.8. The van der Waals surface area contributed by atoms with Crippen LogP contribution in [0.4, 0.5) is 0 Å². The first-order valence-corrected chi connectivity index (χ1v) is 9.09. The molecule has 2 N–H and O–H groups in total. The molecule has 0 spiro atoms. The summed E-state index contributed by atoms with van der Waals surface area (Å²) < 4.78 is 15.8. The number of carbonyl (C=O) groups excluding carboxylic acids is 2. The monoisotopic (exact) mass is 398 g/mol. The van der Waals surface area contributed by atoms with Gasteiger partial charge in [-0.1, -0.05) is 36.4 Å². The molecule has 1 aliphatic rings. The van der Waals surface area contributed by atoms with Gasteiger partial charge in [0.2, 0.25) is 0 Å². The van der Waals surface area contributed by atoms with Crippen molar-refractivity contribution in [3.05, 3.63) is 83.4 Å². The molecule has 0 aliphatic heterocycles. The van der Waals surface area contributed by atoms with Gasteiger partial charge in [-0.05, 0) is 35.9 Å². The van der Waals surface area contributed by atoms with Crippen LogP contribution in [0.3, 0.4) is 0 Å². The fourth-order valence-corrected chi connectivity index (χ4v) is 3.04. The minimum atomic E-state index is -1.35. The maximum atomic E-state index is 12.4. The van der Waals surface area contributed by atoms with Crippen LogP contribution in [-0.4, -0.2) is 60.3 Å². The lowest BCUT2D eigenvalue weighted by Gasteiger charge is -2.36. The van der Waals surface area contributed by atoms with Crippen LogP contribution in [-0.2, 0) is 14.2 Å². The van der Waals surface area contributed by atoms with Crippen LogP contribution in [0.5, 0.6) is 0 Å². The highest BCUT2D eigenvalue weighted by Crippen LogP contribution is 2.26. The number of rotatable bonds is 6. The molecule has 0 saturated carbocycles. The molecule has 7 nitrogen and oxygen atoms in total. The molecule has 3 rings (SSSR count). The van der Waals surface area contributed by atoms with Crippen LogP contribution < -0.4 is 0 Å². The number of ether oxygens (including phenoxy) is 3. The quantitative estimate of drug-likeness (QED) is 0.564. The first-order chi connectivity index (χ1) is 14.0. The first-order valence-electron chi connectivity index (χ1n) is 9.09. The standard InChI is InChI=1S/C22H22O7/c1-27-17-12-16(13-28-21(25)14-8-4-2-5-9-14)18(23)20(19(17)24)29-22(26)15-10-6-3-7-11-15/h2-12,17-20,23-24H,13H2,1H3/t17-,18+,19+,20+/m1/s1. The number of hydrogen-bond donors (Lipinski definition) is 2. The van der Waals surface area contributed by atoms with Crippen LogP contribution in [0.15, 0.2) is 72.3 Å². The summed E-state index contributed by atoms with van der Waals surface area (Å²) in [4.78, 5) is 24.5. The van der Waals surface area contributed by atoms with Crippen LogP contribution in [0.1, 0.15) is 20.7 Å². The number of methoxy groups -OCH3 is 1. The second-order valence-corrected chi connectivity index (χ2v) is 6.56. The van der Waals surface area contributed by atoms with Gasteiger partial charge < -0.3 is 24.4 Å². The number of aliphatic hydroxyl groups excluding tert-OH is 2. The third-order valence-corrected chi connectivity index (χ3v) is 4.65. The van der Waals surface area contributed by atoms with Crippen molar-refractivity contribution in [2.24, 2.45) is 0 Å². The first kappa shape index (κ1) is 20.7. The number of aliphatic hydroxyl groups is 2. The lowest BCUT2D eigenvalue weighted by molar-refractivity contribution is -0.111. The van der Waals surface area contributed by atoms with E-state index in [1.54, 1.807) is 60.7 Å². The molecule has 0 bridgehead atoms. The van der Waals surface area contributed by atoms with Crippen molar-refractivity contribution >= 4 is 11.9 Å². The lowest BCUT2D eigenvalue weighted by atomic mass is 9.89. The molecule has 2 aromatic rings. The van der Waals surface area contributed by atoms with Gasteiger partial charge in [0, 0.05) is 7.11 Å². The van der Waals surface area contributed by atoms with Crippen molar-refractivity contribution in [1.82, 2.24) is 0 Å². The van der Waals surface area contributed by atoms with Gasteiger partial charge in [-0.15, -0.1) is 0 Å². The maximum Gasteiger partial charge on any atom is 0.338 e. The molecule has 0 fully saturated rings. The summed E-state index contributed by atoms with van der Waals surface area (Å²) in [6, 6.07) is 16.7. The van der Waals surface area contributed by atoms with Gasteiger partial charge in [-0.3, -0.25) is 0 Å². The normalized spacial score (nSPS) is 23.8. The predicted octanol–water partition coefficient (Wildman–Crippen LogP) is 1.75. The zero-order valence-corrected chi connectivity index (χ0v) is 15.8. The fraction of sp³-hybridized carbons (Fsp3) is 0.273. The summed E-state index contributed by atoms with van der Waals surface area (Å²) in [6.07, 6.45) is -3.27. The highest BCUT2D eigenvalue weighted by molar-refractivity contribution is 5.90. The van der Waals surface area contributed by atoms with Crippen molar-refractivity contribution in [2.45, 2.75) is 24.4 Å². The van der Waals surface area contributed by atoms with E-state index in [4.69, 9.17) is 14.2 Å². The molecule has 1 aliphatic carbocycles. The Kier molecular flexibility index (Phi) is 6.77. The Balaban J connectivity index is 1.72. The van der Waals surface area contributed by atoms with Crippen molar-refractivity contribution in [3.63, 3.8) is 0 Å². The highest BCUT2D eigenvalue weighted by Gasteiger charge is 2.41. The molecular formula is C22H22O7. The van der Waals surface area contributed by atoms with Crippen LogP contribution in [0, 0.1) is 0 Å². The Morgan fingerprint density at radius 3 is 2.00 bits per heavy atom. The Hall–Kier alpha value is -3.00. The smallest absolute Gasteiger partial charge is 0.338 e. The number of esters is 2. The second-order valence-electron chi connectivity index (χ2n) is 6.56. The van der Waals surface area contributed by atoms with E-state index in [0.717, 1.165) is 0 Å². The predicted molar refractivity (Wildman–Crippen MR) is 103 cm³/mol. The molecule has 0 heterocycles. The van der Waals surface area contributed by atoms with Crippen molar-refractivity contribution < 1.29 is 34.0 Å². The van der Waals surface area contributed by atoms with Crippen molar-refractivity contribution in [2.75, 3.05) is 13.7 Å². The Morgan fingerprint density at radius 2 is 1.45 bits per heavy atom. The third-order valence-electron chi connectivity index (χ3n) is 4.65. The molecule has 152 valence electrons. The largest absolute Gasteiger partial charge is 0.457 e. The molecule has 29 heavy (non-hydrogen) atoms. The van der Waals surface area contributed by atoms with Crippen LogP contribution in [0.2, 0.25) is 0 Å². The molecular weight excluding hydrogens is 376 g/mol. The minimum absolute atomic E-state index is 0.235. The summed E-state index contributed by atoms with van der Waals surface area (Å²) in [5.41, 5.74) is 0.929. The van der Waals surface area contributed by atoms with Crippen LogP contribution in [0.25, 0.3) is 0 Å². The average molecular weight is 398 g/mol. The van der Waals surface area contributed by atoms with Gasteiger partial charge >= 0.3 is 11.9 Å². The summed E-state index contributed by atoms with van der Waals surface area (Å²) in [5.74, 6) is -1.25. The van der Waals surface area contributed by atoms with E-state index in [0.29, 0.717) is 5.56 Å². The molecule has 0 amide bonds. The van der Waals surface area contributed by atoms with Crippen molar-refractivity contribution in [1.29, 1.82) is 0 Å². The summed E-state index contributed by atoms with van der Waals surface area (Å²) in [7, 11) is 1.38. The molecule has 0 saturated heterocycles. The Bertz CT molecular complexity index is 863. The fourth-order valence-electron chi connectivity index (χ4n) is 3.04. The van der Waals surface area contributed by atoms with E-state index in [9.17, 15) is 19.8 Å². The summed E-state index contributed by atoms with van der Waals surface area (Å²) >= 11 is 0. The van der Waals surface area contributed by atoms with E-state index in [-0.39, 0.29) is 17.7 Å². The van der Waals surface area contributed by atoms with Gasteiger partial charge in [0.25, 0.3) is 0 Å². The maximum absolute atomic E-state index is 12.4. The third kappa shape index (κ3) is 4.89. The minimum Gasteiger partial charge on any atom is -0.457 e. The van der Waals surface area contributed by atoms with Gasteiger partial charge in [-0.25, -0.2) is 9.59 Å². The molecule has 4 atom stereocenters. The van der Waals surface area contributed by atoms with Crippen LogP contribution >= 0.6 is 0 Å². The molecule has 2 aromatic carbocycles. The Morgan fingerprint density at radius 1 is 0.897 bits per heavy atom. The van der Waals surface area contributed by atoms with E-state index in [1.807, 2.05) is 0 Å². The van der Waals surface area contributed by atoms with Crippen molar-refractivity contribution in [3.8, 4) is 0 Å². The van der Waals surface area contributed by atoms with Gasteiger partial charge in [0.05, 0.1) is 11.1 Å². The van der Waals surface area contributed by atoms with E-state index in [1.165, 1.54) is 13.2 Å². The number of carbonyl (C=O) groups is 2. The topological polar surface area (TPSA) is 102 Å². The number of benzene rings is 2. The lowest BCUT2D eigenvalue weighted by Crippen LogP contribution is -2.52. The highest BCUT2D eigenvalue weighted by atomic mass is 16.6. The Labute approximate surface area is 168 Å². The average Bonchev–Trinajstić information content (AvgIpc) is 2.77. The summed E-state index contributed by atoms with van der Waals surface area (Å²) in [5, 5.41) is 21.1. The van der Waals surface area contributed by atoms with E-state index < -0.39 is 36.4 Å². The zero-order chi connectivity index (χ0) is 20.8. The van der Waals surface area contributed by atoms with E-state index >= 15 is 0 Å².